The monoisotopic (exact) mass is 380 g/mol. The first kappa shape index (κ1) is 15.8. The van der Waals surface area contributed by atoms with Gasteiger partial charge in [0.1, 0.15) is 5.69 Å². The Labute approximate surface area is 158 Å². The summed E-state index contributed by atoms with van der Waals surface area (Å²) in [6.07, 6.45) is 1.18. The van der Waals surface area contributed by atoms with E-state index in [9.17, 15) is 4.79 Å². The first-order chi connectivity index (χ1) is 12.8. The number of amides is 1. The lowest BCUT2D eigenvalue weighted by molar-refractivity contribution is -0.132. The molecule has 0 N–H and O–H groups in total. The van der Waals surface area contributed by atoms with Gasteiger partial charge in [-0.3, -0.25) is 4.79 Å². The number of carbonyl (C=O) groups is 1. The van der Waals surface area contributed by atoms with Gasteiger partial charge in [-0.15, -0.1) is 22.7 Å². The molecule has 130 valence electrons. The number of thiophene rings is 2. The predicted molar refractivity (Wildman–Crippen MR) is 104 cm³/mol. The number of hydrogen-bond donors (Lipinski definition) is 0. The van der Waals surface area contributed by atoms with Gasteiger partial charge in [0.05, 0.1) is 12.5 Å². The van der Waals surface area contributed by atoms with Crippen molar-refractivity contribution in [3.8, 4) is 0 Å². The summed E-state index contributed by atoms with van der Waals surface area (Å²) in [6.45, 7) is 0.741. The highest BCUT2D eigenvalue weighted by Gasteiger charge is 2.33. The number of nitrogens with zero attached hydrogens (tertiary/aromatic N) is 2. The van der Waals surface area contributed by atoms with E-state index in [-0.39, 0.29) is 18.4 Å². The summed E-state index contributed by atoms with van der Waals surface area (Å²) in [5.74, 6) is 0.0966. The van der Waals surface area contributed by atoms with E-state index in [1.165, 1.54) is 15.3 Å². The van der Waals surface area contributed by atoms with Gasteiger partial charge in [0.15, 0.2) is 5.58 Å². The molecule has 1 aromatic carbocycles. The highest BCUT2D eigenvalue weighted by atomic mass is 32.1. The van der Waals surface area contributed by atoms with Gasteiger partial charge in [0.2, 0.25) is 5.91 Å². The van der Waals surface area contributed by atoms with Crippen molar-refractivity contribution in [3.05, 3.63) is 74.2 Å². The predicted octanol–water partition coefficient (Wildman–Crippen LogP) is 4.67. The van der Waals surface area contributed by atoms with E-state index in [4.69, 9.17) is 4.52 Å². The Morgan fingerprint density at radius 1 is 1.15 bits per heavy atom. The summed E-state index contributed by atoms with van der Waals surface area (Å²) in [7, 11) is 0. The standard InChI is InChI=1S/C20H16N2O2S2/c23-19(12-15-13-4-1-2-5-16(13)24-21-15)22-9-7-17-14(8-11-26-17)20(22)18-6-3-10-25-18/h1-6,8,10-11,20H,7,9,12H2/t20-/m0/s1. The van der Waals surface area contributed by atoms with E-state index < -0.39 is 0 Å². The second kappa shape index (κ2) is 6.37. The Morgan fingerprint density at radius 3 is 2.96 bits per heavy atom. The van der Waals surface area contributed by atoms with Crippen LogP contribution in [0.2, 0.25) is 0 Å². The lowest BCUT2D eigenvalue weighted by Gasteiger charge is -2.35. The smallest absolute Gasteiger partial charge is 0.229 e. The molecule has 1 aliphatic rings. The zero-order valence-corrected chi connectivity index (χ0v) is 15.6. The van der Waals surface area contributed by atoms with E-state index in [2.05, 4.69) is 34.1 Å². The van der Waals surface area contributed by atoms with Gasteiger partial charge in [-0.1, -0.05) is 23.4 Å². The molecule has 1 aliphatic heterocycles. The van der Waals surface area contributed by atoms with E-state index in [0.717, 1.165) is 23.9 Å². The summed E-state index contributed by atoms with van der Waals surface area (Å²) in [4.78, 5) is 17.8. The number of rotatable bonds is 3. The van der Waals surface area contributed by atoms with Crippen molar-refractivity contribution in [2.45, 2.75) is 18.9 Å². The molecule has 1 atom stereocenters. The second-order valence-electron chi connectivity index (χ2n) is 6.36. The zero-order valence-electron chi connectivity index (χ0n) is 13.9. The first-order valence-corrected chi connectivity index (χ1v) is 10.3. The average Bonchev–Trinajstić information content (AvgIpc) is 3.41. The Bertz CT molecular complexity index is 1060. The topological polar surface area (TPSA) is 46.3 Å². The van der Waals surface area contributed by atoms with Crippen molar-refractivity contribution in [3.63, 3.8) is 0 Å². The molecule has 0 fully saturated rings. The maximum absolute atomic E-state index is 13.2. The molecule has 6 heteroatoms. The van der Waals surface area contributed by atoms with Crippen molar-refractivity contribution in [2.75, 3.05) is 6.54 Å². The third-order valence-corrected chi connectivity index (χ3v) is 6.79. The van der Waals surface area contributed by atoms with E-state index in [1.807, 2.05) is 29.2 Å². The Hall–Kier alpha value is -2.44. The van der Waals surface area contributed by atoms with Gasteiger partial charge in [-0.2, -0.15) is 0 Å². The van der Waals surface area contributed by atoms with Crippen molar-refractivity contribution >= 4 is 39.5 Å². The number of carbonyl (C=O) groups excluding carboxylic acids is 1. The van der Waals surface area contributed by atoms with Crippen molar-refractivity contribution in [1.29, 1.82) is 0 Å². The van der Waals surface area contributed by atoms with E-state index in [1.54, 1.807) is 22.7 Å². The van der Waals surface area contributed by atoms with Gasteiger partial charge < -0.3 is 9.42 Å². The maximum atomic E-state index is 13.2. The molecule has 26 heavy (non-hydrogen) atoms. The maximum Gasteiger partial charge on any atom is 0.229 e. The molecule has 0 saturated carbocycles. The number of aromatic nitrogens is 1. The second-order valence-corrected chi connectivity index (χ2v) is 8.34. The third kappa shape index (κ3) is 2.57. The molecular weight excluding hydrogens is 364 g/mol. The minimum atomic E-state index is 0.00988. The molecule has 4 nitrogen and oxygen atoms in total. The summed E-state index contributed by atoms with van der Waals surface area (Å²) in [6, 6.07) is 14.0. The van der Waals surface area contributed by atoms with Crippen LogP contribution >= 0.6 is 22.7 Å². The lowest BCUT2D eigenvalue weighted by Crippen LogP contribution is -2.40. The molecule has 4 aromatic rings. The van der Waals surface area contributed by atoms with E-state index in [0.29, 0.717) is 5.69 Å². The van der Waals surface area contributed by atoms with Crippen LogP contribution < -0.4 is 0 Å². The van der Waals surface area contributed by atoms with Crippen molar-refractivity contribution in [1.82, 2.24) is 10.1 Å². The first-order valence-electron chi connectivity index (χ1n) is 8.53. The molecule has 0 radical (unpaired) electrons. The Morgan fingerprint density at radius 2 is 2.08 bits per heavy atom. The number of hydrogen-bond acceptors (Lipinski definition) is 5. The minimum Gasteiger partial charge on any atom is -0.356 e. The van der Waals surface area contributed by atoms with Crippen LogP contribution in [0.1, 0.15) is 27.1 Å². The summed E-state index contributed by atoms with van der Waals surface area (Å²) in [5.41, 5.74) is 2.71. The number of fused-ring (bicyclic) bond motifs is 2. The molecule has 0 bridgehead atoms. The summed E-state index contributed by atoms with van der Waals surface area (Å²) >= 11 is 3.49. The highest BCUT2D eigenvalue weighted by Crippen LogP contribution is 2.39. The molecule has 0 aliphatic carbocycles. The number of benzene rings is 1. The summed E-state index contributed by atoms with van der Waals surface area (Å²) in [5, 5.41) is 9.26. The van der Waals surface area contributed by atoms with Crippen LogP contribution in [-0.4, -0.2) is 22.5 Å². The molecule has 0 unspecified atom stereocenters. The van der Waals surface area contributed by atoms with Crippen LogP contribution in [0.3, 0.4) is 0 Å². The molecule has 0 saturated heterocycles. The van der Waals surface area contributed by atoms with Crippen LogP contribution in [0.5, 0.6) is 0 Å². The van der Waals surface area contributed by atoms with Crippen LogP contribution in [0.4, 0.5) is 0 Å². The minimum absolute atomic E-state index is 0.00988. The van der Waals surface area contributed by atoms with Gasteiger partial charge in [-0.05, 0) is 47.0 Å². The molecular formula is C20H16N2O2S2. The Balaban J connectivity index is 1.49. The van der Waals surface area contributed by atoms with Crippen molar-refractivity contribution < 1.29 is 9.32 Å². The quantitative estimate of drug-likeness (QED) is 0.519. The molecule has 3 aromatic heterocycles. The van der Waals surface area contributed by atoms with Crippen LogP contribution in [0, 0.1) is 0 Å². The molecule has 1 amide bonds. The van der Waals surface area contributed by atoms with Gasteiger partial charge in [0.25, 0.3) is 0 Å². The molecule has 5 rings (SSSR count). The van der Waals surface area contributed by atoms with Crippen LogP contribution in [0.25, 0.3) is 11.0 Å². The normalized spacial score (nSPS) is 16.8. The lowest BCUT2D eigenvalue weighted by atomic mass is 9.97. The number of para-hydroxylation sites is 1. The SMILES string of the molecule is O=C(Cc1noc2ccccc12)N1CCc2sccc2[C@H]1c1cccs1. The van der Waals surface area contributed by atoms with Crippen LogP contribution in [-0.2, 0) is 17.6 Å². The van der Waals surface area contributed by atoms with Gasteiger partial charge in [-0.25, -0.2) is 0 Å². The fourth-order valence-corrected chi connectivity index (χ4v) is 5.41. The third-order valence-electron chi connectivity index (χ3n) is 4.87. The summed E-state index contributed by atoms with van der Waals surface area (Å²) < 4.78 is 5.36. The molecule has 4 heterocycles. The van der Waals surface area contributed by atoms with E-state index >= 15 is 0 Å². The van der Waals surface area contributed by atoms with Crippen molar-refractivity contribution in [2.24, 2.45) is 0 Å². The zero-order chi connectivity index (χ0) is 17.5. The fraction of sp³-hybridized carbons (Fsp3) is 0.200. The van der Waals surface area contributed by atoms with Crippen LogP contribution in [0.15, 0.2) is 57.7 Å². The average molecular weight is 380 g/mol. The largest absolute Gasteiger partial charge is 0.356 e. The Kier molecular flexibility index (Phi) is 3.87. The van der Waals surface area contributed by atoms with Gasteiger partial charge in [0, 0.05) is 21.7 Å². The van der Waals surface area contributed by atoms with Gasteiger partial charge >= 0.3 is 0 Å². The highest BCUT2D eigenvalue weighted by molar-refractivity contribution is 7.10. The molecule has 0 spiro atoms. The fourth-order valence-electron chi connectivity index (χ4n) is 3.65.